The maximum absolute atomic E-state index is 12.8. The van der Waals surface area contributed by atoms with E-state index in [4.69, 9.17) is 10.5 Å². The summed E-state index contributed by atoms with van der Waals surface area (Å²) in [6.07, 6.45) is 3.11. The number of rotatable bonds is 4. The first-order chi connectivity index (χ1) is 14.5. The minimum absolute atomic E-state index is 0.149. The van der Waals surface area contributed by atoms with Crippen molar-refractivity contribution in [3.05, 3.63) is 65.6 Å². The number of hydrogen-bond acceptors (Lipinski definition) is 7. The zero-order valence-electron chi connectivity index (χ0n) is 15.7. The number of carbonyl (C=O) groups excluding carboxylic acids is 2. The van der Waals surface area contributed by atoms with Gasteiger partial charge in [0.15, 0.2) is 4.75 Å². The van der Waals surface area contributed by atoms with Crippen molar-refractivity contribution >= 4 is 29.4 Å². The second-order valence-electron chi connectivity index (χ2n) is 6.88. The number of carbonyl (C=O) groups is 2. The average Bonchev–Trinajstić information content (AvgIpc) is 3.05. The number of aryl methyl sites for hydroxylation is 1. The summed E-state index contributed by atoms with van der Waals surface area (Å²) < 4.78 is 4.36. The van der Waals surface area contributed by atoms with Crippen LogP contribution in [0.2, 0.25) is 0 Å². The number of anilines is 1. The minimum Gasteiger partial charge on any atom is -0.424 e. The first-order valence-electron chi connectivity index (χ1n) is 9.11. The summed E-state index contributed by atoms with van der Waals surface area (Å²) >= 11 is 1.20. The number of nitrogens with zero attached hydrogens (tertiary/aromatic N) is 3. The molecule has 4 heterocycles. The number of pyridine rings is 1. The lowest BCUT2D eigenvalue weighted by atomic mass is 9.85. The smallest absolute Gasteiger partial charge is 0.322 e. The molecule has 1 aromatic carbocycles. The van der Waals surface area contributed by atoms with Crippen molar-refractivity contribution in [3.63, 3.8) is 0 Å². The second-order valence-corrected chi connectivity index (χ2v) is 8.11. The van der Waals surface area contributed by atoms with E-state index in [9.17, 15) is 9.59 Å². The Bertz CT molecular complexity index is 1190. The van der Waals surface area contributed by atoms with Gasteiger partial charge < -0.3 is 21.1 Å². The second kappa shape index (κ2) is 6.70. The lowest BCUT2D eigenvalue weighted by molar-refractivity contribution is -0.121. The van der Waals surface area contributed by atoms with Gasteiger partial charge in [-0.25, -0.2) is 14.8 Å². The monoisotopic (exact) mass is 420 g/mol. The molecule has 4 N–H and O–H groups in total. The van der Waals surface area contributed by atoms with E-state index in [1.165, 1.54) is 18.0 Å². The van der Waals surface area contributed by atoms with E-state index in [0.717, 1.165) is 5.56 Å². The van der Waals surface area contributed by atoms with Gasteiger partial charge in [-0.3, -0.25) is 4.79 Å². The highest BCUT2D eigenvalue weighted by Gasteiger charge is 2.57. The highest BCUT2D eigenvalue weighted by Crippen LogP contribution is 2.60. The molecule has 150 valence electrons. The van der Waals surface area contributed by atoms with Crippen LogP contribution in [-0.4, -0.2) is 26.9 Å². The number of benzene rings is 1. The zero-order chi connectivity index (χ0) is 20.9. The number of para-hydroxylation sites is 1. The molecule has 30 heavy (non-hydrogen) atoms. The Morgan fingerprint density at radius 1 is 1.23 bits per heavy atom. The van der Waals surface area contributed by atoms with Gasteiger partial charge in [-0.05, 0) is 25.1 Å². The molecule has 0 saturated carbocycles. The maximum atomic E-state index is 12.8. The first kappa shape index (κ1) is 18.4. The molecule has 2 aromatic heterocycles. The van der Waals surface area contributed by atoms with Gasteiger partial charge in [0.2, 0.25) is 5.91 Å². The van der Waals surface area contributed by atoms with Gasteiger partial charge in [0, 0.05) is 29.2 Å². The van der Waals surface area contributed by atoms with Crippen molar-refractivity contribution in [1.82, 2.24) is 20.3 Å². The number of aromatic nitrogens is 3. The maximum Gasteiger partial charge on any atom is 0.322 e. The van der Waals surface area contributed by atoms with Gasteiger partial charge in [0.05, 0.1) is 11.7 Å². The molecule has 2 aliphatic heterocycles. The largest absolute Gasteiger partial charge is 0.424 e. The summed E-state index contributed by atoms with van der Waals surface area (Å²) in [7, 11) is 0. The van der Waals surface area contributed by atoms with E-state index in [2.05, 4.69) is 25.6 Å². The molecule has 2 unspecified atom stereocenters. The van der Waals surface area contributed by atoms with E-state index in [1.807, 2.05) is 18.2 Å². The third kappa shape index (κ3) is 2.68. The highest BCUT2D eigenvalue weighted by atomic mass is 32.2. The van der Waals surface area contributed by atoms with Crippen molar-refractivity contribution in [2.45, 2.75) is 22.7 Å². The summed E-state index contributed by atoms with van der Waals surface area (Å²) in [5.74, 6) is -0.0246. The highest BCUT2D eigenvalue weighted by molar-refractivity contribution is 8.01. The van der Waals surface area contributed by atoms with Gasteiger partial charge in [-0.2, -0.15) is 4.98 Å². The summed E-state index contributed by atoms with van der Waals surface area (Å²) in [6, 6.07) is 9.88. The van der Waals surface area contributed by atoms with Crippen molar-refractivity contribution in [2.75, 3.05) is 5.32 Å². The number of nitrogens with two attached hydrogens (primary N) is 1. The van der Waals surface area contributed by atoms with Crippen LogP contribution in [0.3, 0.4) is 0 Å². The molecule has 0 aliphatic carbocycles. The van der Waals surface area contributed by atoms with E-state index in [-0.39, 0.29) is 6.01 Å². The molecule has 2 atom stereocenters. The Balaban J connectivity index is 1.60. The van der Waals surface area contributed by atoms with Crippen LogP contribution in [0, 0.1) is 6.92 Å². The SMILES string of the molecule is Cc1nc(Oc2ccccc2)ncc1C1(C(N)=O)Sc2nccc3c2C1NC(=O)N3. The summed E-state index contributed by atoms with van der Waals surface area (Å²) in [6.45, 7) is 1.75. The lowest BCUT2D eigenvalue weighted by Crippen LogP contribution is -2.51. The fraction of sp³-hybridized carbons (Fsp3) is 0.150. The first-order valence-corrected chi connectivity index (χ1v) is 9.93. The van der Waals surface area contributed by atoms with E-state index in [0.29, 0.717) is 27.7 Å². The van der Waals surface area contributed by atoms with Crippen LogP contribution in [0.15, 0.2) is 53.8 Å². The van der Waals surface area contributed by atoms with Crippen molar-refractivity contribution in [1.29, 1.82) is 0 Å². The Kier molecular flexibility index (Phi) is 4.10. The topological polar surface area (TPSA) is 132 Å². The van der Waals surface area contributed by atoms with Gasteiger partial charge in [0.1, 0.15) is 10.8 Å². The van der Waals surface area contributed by atoms with Crippen LogP contribution >= 0.6 is 11.8 Å². The molecule has 0 saturated heterocycles. The van der Waals surface area contributed by atoms with E-state index >= 15 is 0 Å². The number of primary amides is 1. The third-order valence-corrected chi connectivity index (χ3v) is 6.60. The van der Waals surface area contributed by atoms with Crippen LogP contribution < -0.4 is 21.1 Å². The Labute approximate surface area is 175 Å². The van der Waals surface area contributed by atoms with E-state index in [1.54, 1.807) is 31.3 Å². The molecule has 0 bridgehead atoms. The van der Waals surface area contributed by atoms with Crippen molar-refractivity contribution < 1.29 is 14.3 Å². The number of hydrogen-bond donors (Lipinski definition) is 3. The molecular formula is C20H16N6O3S. The standard InChI is InChI=1S/C20H16N6O3S/c1-10-12(9-23-19(24-10)29-11-5-3-2-4-6-11)20(17(21)27)15-14-13(25-18(28)26-15)7-8-22-16(14)30-20/h2-9,15H,1H3,(H2,21,27)(H2,25,26,28). The van der Waals surface area contributed by atoms with Crippen LogP contribution in [0.1, 0.15) is 22.9 Å². The Morgan fingerprint density at radius 3 is 2.77 bits per heavy atom. The van der Waals surface area contributed by atoms with E-state index < -0.39 is 22.7 Å². The van der Waals surface area contributed by atoms with Crippen LogP contribution in [0.4, 0.5) is 10.5 Å². The summed E-state index contributed by atoms with van der Waals surface area (Å²) in [4.78, 5) is 38.2. The average molecular weight is 420 g/mol. The van der Waals surface area contributed by atoms with Crippen LogP contribution in [-0.2, 0) is 9.54 Å². The summed E-state index contributed by atoms with van der Waals surface area (Å²) in [5, 5.41) is 6.19. The summed E-state index contributed by atoms with van der Waals surface area (Å²) in [5.41, 5.74) is 8.26. The van der Waals surface area contributed by atoms with Crippen LogP contribution in [0.25, 0.3) is 0 Å². The Hall–Kier alpha value is -3.66. The van der Waals surface area contributed by atoms with Gasteiger partial charge in [-0.15, -0.1) is 0 Å². The van der Waals surface area contributed by atoms with Crippen molar-refractivity contribution in [3.8, 4) is 11.8 Å². The lowest BCUT2D eigenvalue weighted by Gasteiger charge is -2.35. The number of nitrogens with one attached hydrogen (secondary N) is 2. The molecule has 0 radical (unpaired) electrons. The molecule has 3 amide bonds. The van der Waals surface area contributed by atoms with Gasteiger partial charge >= 0.3 is 12.0 Å². The number of urea groups is 1. The molecule has 2 aliphatic rings. The molecule has 3 aromatic rings. The molecule has 0 fully saturated rings. The van der Waals surface area contributed by atoms with Crippen molar-refractivity contribution in [2.24, 2.45) is 5.73 Å². The number of amides is 3. The number of ether oxygens (including phenoxy) is 1. The minimum atomic E-state index is -1.33. The predicted octanol–water partition coefficient (Wildman–Crippen LogP) is 2.64. The van der Waals surface area contributed by atoms with Crippen LogP contribution in [0.5, 0.6) is 11.8 Å². The normalized spacial score (nSPS) is 21.4. The molecule has 5 rings (SSSR count). The third-order valence-electron chi connectivity index (χ3n) is 5.11. The molecule has 9 nitrogen and oxygen atoms in total. The van der Waals surface area contributed by atoms with Gasteiger partial charge in [-0.1, -0.05) is 30.0 Å². The molecule has 0 spiro atoms. The zero-order valence-corrected chi connectivity index (χ0v) is 16.6. The fourth-order valence-corrected chi connectivity index (χ4v) is 5.25. The fourth-order valence-electron chi connectivity index (χ4n) is 3.79. The Morgan fingerprint density at radius 2 is 2.03 bits per heavy atom. The molecular weight excluding hydrogens is 404 g/mol. The predicted molar refractivity (Wildman–Crippen MR) is 109 cm³/mol. The van der Waals surface area contributed by atoms with Gasteiger partial charge in [0.25, 0.3) is 0 Å². The number of thioether (sulfide) groups is 1. The quantitative estimate of drug-likeness (QED) is 0.591. The molecule has 10 heteroatoms.